The highest BCUT2D eigenvalue weighted by Gasteiger charge is 2.24. The van der Waals surface area contributed by atoms with Crippen molar-refractivity contribution in [3.63, 3.8) is 0 Å². The fourth-order valence-corrected chi connectivity index (χ4v) is 5.36. The molecular weight excluding hydrogens is 406 g/mol. The molecule has 0 atom stereocenters. The zero-order valence-corrected chi connectivity index (χ0v) is 19.0. The lowest BCUT2D eigenvalue weighted by Crippen LogP contribution is -2.49. The average Bonchev–Trinajstić information content (AvgIpc) is 2.79. The monoisotopic (exact) mass is 433 g/mol. The Kier molecular flexibility index (Phi) is 5.35. The van der Waals surface area contributed by atoms with Crippen LogP contribution in [0.1, 0.15) is 45.6 Å². The molecule has 0 unspecified atom stereocenters. The molecule has 31 heavy (non-hydrogen) atoms. The van der Waals surface area contributed by atoms with Crippen molar-refractivity contribution < 1.29 is 4.79 Å². The van der Waals surface area contributed by atoms with Crippen LogP contribution in [0.3, 0.4) is 0 Å². The number of carbonyl (C=O) groups is 1. The first-order valence-electron chi connectivity index (χ1n) is 11.2. The third kappa shape index (κ3) is 3.78. The predicted octanol–water partition coefficient (Wildman–Crippen LogP) is 5.35. The molecule has 5 rings (SSSR count). The predicted molar refractivity (Wildman–Crippen MR) is 127 cm³/mol. The lowest BCUT2D eigenvalue weighted by atomic mass is 9.94. The fraction of sp³-hybridized carbons (Fsp3) is 0.385. The molecule has 2 heterocycles. The van der Waals surface area contributed by atoms with Crippen molar-refractivity contribution in [1.29, 1.82) is 0 Å². The van der Waals surface area contributed by atoms with Gasteiger partial charge in [-0.1, -0.05) is 35.4 Å². The Morgan fingerprint density at radius 3 is 2.52 bits per heavy atom. The Balaban J connectivity index is 1.34. The minimum atomic E-state index is 0.0813. The van der Waals surface area contributed by atoms with E-state index < -0.39 is 0 Å². The molecular formula is C26H28ClN3O. The Morgan fingerprint density at radius 1 is 0.968 bits per heavy atom. The Morgan fingerprint density at radius 2 is 1.74 bits per heavy atom. The van der Waals surface area contributed by atoms with Crippen LogP contribution in [-0.2, 0) is 12.8 Å². The second-order valence-corrected chi connectivity index (χ2v) is 9.24. The summed E-state index contributed by atoms with van der Waals surface area (Å²) in [6.45, 7) is 7.42. The maximum Gasteiger partial charge on any atom is 0.254 e. The molecule has 3 aromatic rings. The van der Waals surface area contributed by atoms with Crippen LogP contribution >= 0.6 is 11.6 Å². The summed E-state index contributed by atoms with van der Waals surface area (Å²) >= 11 is 6.70. The molecule has 1 fully saturated rings. The summed E-state index contributed by atoms with van der Waals surface area (Å²) in [7, 11) is 0. The summed E-state index contributed by atoms with van der Waals surface area (Å²) in [5.41, 5.74) is 7.68. The molecule has 4 nitrogen and oxygen atoms in total. The number of aryl methyl sites for hydroxylation is 3. The standard InChI is InChI=1S/C26H28ClN3O/c1-17-7-10-24(18(2)15-17)29-11-13-30(14-12-29)26(31)19-8-9-21-23(16-19)28-22-6-4-3-5-20(22)25(21)27/h7-10,15-16H,3-6,11-14H2,1-2H3. The number of fused-ring (bicyclic) bond motifs is 2. The molecule has 1 saturated heterocycles. The quantitative estimate of drug-likeness (QED) is 0.546. The number of anilines is 1. The second kappa shape index (κ2) is 8.16. The van der Waals surface area contributed by atoms with Crippen LogP contribution in [0, 0.1) is 13.8 Å². The number of nitrogens with zero attached hydrogens (tertiary/aromatic N) is 3. The van der Waals surface area contributed by atoms with E-state index in [4.69, 9.17) is 16.6 Å². The zero-order chi connectivity index (χ0) is 21.5. The number of amides is 1. The van der Waals surface area contributed by atoms with Crippen molar-refractivity contribution in [1.82, 2.24) is 9.88 Å². The summed E-state index contributed by atoms with van der Waals surface area (Å²) in [6.07, 6.45) is 4.31. The topological polar surface area (TPSA) is 36.4 Å². The minimum absolute atomic E-state index is 0.0813. The highest BCUT2D eigenvalue weighted by molar-refractivity contribution is 6.36. The van der Waals surface area contributed by atoms with Crippen LogP contribution < -0.4 is 4.90 Å². The first kappa shape index (κ1) is 20.3. The molecule has 1 aliphatic heterocycles. The maximum absolute atomic E-state index is 13.2. The average molecular weight is 434 g/mol. The molecule has 1 aliphatic carbocycles. The summed E-state index contributed by atoms with van der Waals surface area (Å²) in [5, 5.41) is 1.78. The van der Waals surface area contributed by atoms with Crippen molar-refractivity contribution in [2.75, 3.05) is 31.1 Å². The van der Waals surface area contributed by atoms with Gasteiger partial charge in [0.1, 0.15) is 0 Å². The van der Waals surface area contributed by atoms with Crippen LogP contribution in [0.5, 0.6) is 0 Å². The number of benzene rings is 2. The molecule has 160 valence electrons. The van der Waals surface area contributed by atoms with E-state index in [1.807, 2.05) is 23.1 Å². The fourth-order valence-electron chi connectivity index (χ4n) is 4.99. The van der Waals surface area contributed by atoms with Crippen molar-refractivity contribution in [3.8, 4) is 0 Å². The summed E-state index contributed by atoms with van der Waals surface area (Å²) in [5.74, 6) is 0.0813. The van der Waals surface area contributed by atoms with Gasteiger partial charge < -0.3 is 9.80 Å². The Hall–Kier alpha value is -2.59. The van der Waals surface area contributed by atoms with E-state index in [9.17, 15) is 4.79 Å². The molecule has 1 aromatic heterocycles. The molecule has 5 heteroatoms. The van der Waals surface area contributed by atoms with Gasteiger partial charge in [-0.05, 0) is 68.9 Å². The first-order chi connectivity index (χ1) is 15.0. The molecule has 0 bridgehead atoms. The van der Waals surface area contributed by atoms with Crippen LogP contribution in [0.4, 0.5) is 5.69 Å². The smallest absolute Gasteiger partial charge is 0.254 e. The van der Waals surface area contributed by atoms with Gasteiger partial charge in [-0.3, -0.25) is 9.78 Å². The second-order valence-electron chi connectivity index (χ2n) is 8.86. The number of piperazine rings is 1. The van der Waals surface area contributed by atoms with Crippen LogP contribution in [0.25, 0.3) is 10.9 Å². The summed E-state index contributed by atoms with van der Waals surface area (Å²) in [4.78, 5) is 22.4. The molecule has 2 aliphatic rings. The third-order valence-corrected chi connectivity index (χ3v) is 7.13. The van der Waals surface area contributed by atoms with Crippen molar-refractivity contribution in [3.05, 3.63) is 69.4 Å². The van der Waals surface area contributed by atoms with Gasteiger partial charge in [0.25, 0.3) is 5.91 Å². The number of hydrogen-bond acceptors (Lipinski definition) is 3. The maximum atomic E-state index is 13.2. The van der Waals surface area contributed by atoms with Gasteiger partial charge in [0.05, 0.1) is 10.5 Å². The van der Waals surface area contributed by atoms with Gasteiger partial charge in [-0.25, -0.2) is 0 Å². The van der Waals surface area contributed by atoms with E-state index in [-0.39, 0.29) is 5.91 Å². The van der Waals surface area contributed by atoms with Gasteiger partial charge >= 0.3 is 0 Å². The molecule has 0 N–H and O–H groups in total. The number of carbonyl (C=O) groups excluding carboxylic acids is 1. The lowest BCUT2D eigenvalue weighted by molar-refractivity contribution is 0.0747. The SMILES string of the molecule is Cc1ccc(N2CCN(C(=O)c3ccc4c(Cl)c5c(nc4c3)CCCC5)CC2)c(C)c1. The van der Waals surface area contributed by atoms with E-state index >= 15 is 0 Å². The summed E-state index contributed by atoms with van der Waals surface area (Å²) < 4.78 is 0. The molecule has 0 saturated carbocycles. The van der Waals surface area contributed by atoms with Gasteiger partial charge in [-0.15, -0.1) is 0 Å². The van der Waals surface area contributed by atoms with Crippen LogP contribution in [-0.4, -0.2) is 42.0 Å². The summed E-state index contributed by atoms with van der Waals surface area (Å²) in [6, 6.07) is 12.4. The zero-order valence-electron chi connectivity index (χ0n) is 18.2. The normalized spacial score (nSPS) is 16.5. The minimum Gasteiger partial charge on any atom is -0.368 e. The van der Waals surface area contributed by atoms with Crippen LogP contribution in [0.2, 0.25) is 5.02 Å². The Bertz CT molecular complexity index is 1170. The van der Waals surface area contributed by atoms with Crippen molar-refractivity contribution in [2.45, 2.75) is 39.5 Å². The van der Waals surface area contributed by atoms with E-state index in [1.165, 1.54) is 28.8 Å². The lowest BCUT2D eigenvalue weighted by Gasteiger charge is -2.37. The third-order valence-electron chi connectivity index (χ3n) is 6.70. The molecule has 1 amide bonds. The van der Waals surface area contributed by atoms with Gasteiger partial charge in [0.2, 0.25) is 0 Å². The highest BCUT2D eigenvalue weighted by atomic mass is 35.5. The first-order valence-corrected chi connectivity index (χ1v) is 11.6. The molecule has 0 radical (unpaired) electrons. The number of pyridine rings is 1. The molecule has 0 spiro atoms. The van der Waals surface area contributed by atoms with Gasteiger partial charge in [-0.2, -0.15) is 0 Å². The molecule has 2 aromatic carbocycles. The van der Waals surface area contributed by atoms with Crippen LogP contribution in [0.15, 0.2) is 36.4 Å². The number of rotatable bonds is 2. The van der Waals surface area contributed by atoms with Gasteiger partial charge in [0, 0.05) is 48.5 Å². The number of hydrogen-bond donors (Lipinski definition) is 0. The van der Waals surface area contributed by atoms with Gasteiger partial charge in [0.15, 0.2) is 0 Å². The highest BCUT2D eigenvalue weighted by Crippen LogP contribution is 2.33. The van der Waals surface area contributed by atoms with Crippen molar-refractivity contribution >= 4 is 34.1 Å². The largest absolute Gasteiger partial charge is 0.368 e. The number of aromatic nitrogens is 1. The van der Waals surface area contributed by atoms with E-state index in [0.29, 0.717) is 5.56 Å². The van der Waals surface area contributed by atoms with E-state index in [0.717, 1.165) is 67.1 Å². The van der Waals surface area contributed by atoms with E-state index in [1.54, 1.807) is 0 Å². The Labute approximate surface area is 188 Å². The number of halogens is 1. The van der Waals surface area contributed by atoms with Crippen molar-refractivity contribution in [2.24, 2.45) is 0 Å². The van der Waals surface area contributed by atoms with E-state index in [2.05, 4.69) is 36.9 Å².